The molecule has 1 aliphatic rings. The Bertz CT molecular complexity index is 1760. The van der Waals surface area contributed by atoms with Crippen LogP contribution in [0.3, 0.4) is 0 Å². The molecule has 4 aromatic rings. The van der Waals surface area contributed by atoms with Gasteiger partial charge in [-0.2, -0.15) is 5.10 Å². The van der Waals surface area contributed by atoms with Crippen LogP contribution in [-0.4, -0.2) is 92.7 Å². The van der Waals surface area contributed by atoms with Gasteiger partial charge in [0.15, 0.2) is 17.5 Å². The van der Waals surface area contributed by atoms with E-state index in [4.69, 9.17) is 16.3 Å². The Labute approximate surface area is 265 Å². The highest BCUT2D eigenvalue weighted by Gasteiger charge is 2.27. The zero-order chi connectivity index (χ0) is 33.1. The summed E-state index contributed by atoms with van der Waals surface area (Å²) >= 11 is 6.38. The Kier molecular flexibility index (Phi) is 10.1. The molecular formula is C30H30ClF4N7O4. The first-order valence-electron chi connectivity index (χ1n) is 14.1. The SMILES string of the molecule is COCCn1ncc(-c2ccc(-c3cnc(C(=O)Nc4ccc(C(=O)N5CCN(CO)CC5)c(Cl)c4)n3C)c(F)c2F)c1C(F)F. The topological polar surface area (TPSA) is 118 Å². The van der Waals surface area contributed by atoms with E-state index in [0.717, 1.165) is 10.9 Å². The molecule has 2 aromatic heterocycles. The van der Waals surface area contributed by atoms with Crippen LogP contribution in [0.5, 0.6) is 0 Å². The van der Waals surface area contributed by atoms with Gasteiger partial charge in [-0.15, -0.1) is 0 Å². The number of imidazole rings is 1. The number of ether oxygens (including phenoxy) is 1. The fourth-order valence-electron chi connectivity index (χ4n) is 5.23. The number of anilines is 1. The van der Waals surface area contributed by atoms with Gasteiger partial charge in [-0.3, -0.25) is 19.2 Å². The second-order valence-corrected chi connectivity index (χ2v) is 10.9. The molecular weight excluding hydrogens is 634 g/mol. The smallest absolute Gasteiger partial charge is 0.291 e. The molecule has 2 N–H and O–H groups in total. The summed E-state index contributed by atoms with van der Waals surface area (Å²) in [5.74, 6) is -3.79. The average Bonchev–Trinajstić information content (AvgIpc) is 3.64. The number of aliphatic hydroxyl groups is 1. The van der Waals surface area contributed by atoms with Crippen LogP contribution in [-0.2, 0) is 18.3 Å². The maximum absolute atomic E-state index is 15.4. The number of hydrogen-bond donors (Lipinski definition) is 2. The Balaban J connectivity index is 1.34. The molecule has 1 fully saturated rings. The number of halogens is 5. The number of aliphatic hydroxyl groups excluding tert-OH is 1. The summed E-state index contributed by atoms with van der Waals surface area (Å²) in [4.78, 5) is 33.5. The van der Waals surface area contributed by atoms with E-state index in [1.54, 1.807) is 9.80 Å². The lowest BCUT2D eigenvalue weighted by Gasteiger charge is -2.33. The lowest BCUT2D eigenvalue weighted by molar-refractivity contribution is 0.0423. The number of amides is 2. The van der Waals surface area contributed by atoms with E-state index in [-0.39, 0.29) is 64.7 Å². The minimum absolute atomic E-state index is 0.00359. The van der Waals surface area contributed by atoms with E-state index in [1.807, 2.05) is 0 Å². The van der Waals surface area contributed by atoms with Crippen molar-refractivity contribution >= 4 is 29.1 Å². The molecule has 16 heteroatoms. The summed E-state index contributed by atoms with van der Waals surface area (Å²) in [7, 11) is 2.83. The molecule has 1 aliphatic heterocycles. The third-order valence-electron chi connectivity index (χ3n) is 7.75. The molecule has 3 heterocycles. The maximum Gasteiger partial charge on any atom is 0.291 e. The van der Waals surface area contributed by atoms with Crippen LogP contribution in [0, 0.1) is 11.6 Å². The van der Waals surface area contributed by atoms with E-state index < -0.39 is 35.2 Å². The first kappa shape index (κ1) is 33.1. The van der Waals surface area contributed by atoms with Gasteiger partial charge in [0, 0.05) is 62.7 Å². The van der Waals surface area contributed by atoms with Crippen molar-refractivity contribution in [2.24, 2.45) is 7.05 Å². The number of alkyl halides is 2. The summed E-state index contributed by atoms with van der Waals surface area (Å²) in [6, 6.07) is 6.79. The van der Waals surface area contributed by atoms with Crippen LogP contribution in [0.15, 0.2) is 42.7 Å². The number of benzene rings is 2. The van der Waals surface area contributed by atoms with Gasteiger partial charge in [0.25, 0.3) is 18.2 Å². The highest BCUT2D eigenvalue weighted by molar-refractivity contribution is 6.34. The van der Waals surface area contributed by atoms with Gasteiger partial charge in [0.2, 0.25) is 0 Å². The summed E-state index contributed by atoms with van der Waals surface area (Å²) in [5, 5.41) is 15.9. The Morgan fingerprint density at radius 1 is 1.04 bits per heavy atom. The van der Waals surface area contributed by atoms with Crippen LogP contribution in [0.2, 0.25) is 5.02 Å². The number of nitrogens with one attached hydrogen (secondary N) is 1. The van der Waals surface area contributed by atoms with E-state index in [1.165, 1.54) is 55.3 Å². The number of carbonyl (C=O) groups is 2. The maximum atomic E-state index is 15.4. The average molecular weight is 664 g/mol. The van der Waals surface area contributed by atoms with Gasteiger partial charge in [-0.25, -0.2) is 22.5 Å². The Morgan fingerprint density at radius 3 is 2.39 bits per heavy atom. The van der Waals surface area contributed by atoms with Crippen molar-refractivity contribution in [1.29, 1.82) is 0 Å². The monoisotopic (exact) mass is 663 g/mol. The summed E-state index contributed by atoms with van der Waals surface area (Å²) in [6.45, 7) is 1.92. The largest absolute Gasteiger partial charge is 0.383 e. The number of rotatable bonds is 10. The first-order chi connectivity index (χ1) is 22.0. The van der Waals surface area contributed by atoms with Crippen LogP contribution in [0.1, 0.15) is 33.1 Å². The van der Waals surface area contributed by atoms with Gasteiger partial charge < -0.3 is 24.6 Å². The van der Waals surface area contributed by atoms with Crippen molar-refractivity contribution in [2.75, 3.05) is 51.9 Å². The van der Waals surface area contributed by atoms with E-state index >= 15 is 8.78 Å². The van der Waals surface area contributed by atoms with Crippen molar-refractivity contribution < 1.29 is 37.0 Å². The van der Waals surface area contributed by atoms with Crippen molar-refractivity contribution in [3.8, 4) is 22.4 Å². The molecule has 46 heavy (non-hydrogen) atoms. The van der Waals surface area contributed by atoms with Crippen LogP contribution in [0.25, 0.3) is 22.4 Å². The third-order valence-corrected chi connectivity index (χ3v) is 8.06. The Morgan fingerprint density at radius 2 is 1.74 bits per heavy atom. The van der Waals surface area contributed by atoms with Crippen molar-refractivity contribution in [3.05, 3.63) is 76.5 Å². The predicted molar refractivity (Wildman–Crippen MR) is 161 cm³/mol. The van der Waals surface area contributed by atoms with Crippen LogP contribution in [0.4, 0.5) is 23.2 Å². The molecule has 2 amide bonds. The molecule has 0 radical (unpaired) electrons. The second-order valence-electron chi connectivity index (χ2n) is 10.5. The lowest BCUT2D eigenvalue weighted by Crippen LogP contribution is -2.48. The summed E-state index contributed by atoms with van der Waals surface area (Å²) in [5.41, 5.74) is -0.893. The molecule has 0 unspecified atom stereocenters. The standard InChI is InChI=1S/C30H30ClF4N7O4/c1-39-23(20-6-5-18(24(32)25(20)33)21-14-37-42(11-12-46-2)26(21)27(34)35)15-36-28(39)29(44)38-17-3-4-19(22(31)13-17)30(45)41-9-7-40(16-43)8-10-41/h3-6,13-15,27,43H,7-12,16H2,1-2H3,(H,38,44). The fourth-order valence-corrected chi connectivity index (χ4v) is 5.49. The zero-order valence-electron chi connectivity index (χ0n) is 24.8. The van der Waals surface area contributed by atoms with E-state index in [0.29, 0.717) is 26.2 Å². The molecule has 0 bridgehead atoms. The van der Waals surface area contributed by atoms with Crippen LogP contribution >= 0.6 is 11.6 Å². The molecule has 0 atom stereocenters. The van der Waals surface area contributed by atoms with Gasteiger partial charge >= 0.3 is 0 Å². The number of methoxy groups -OCH3 is 1. The van der Waals surface area contributed by atoms with Crippen LogP contribution < -0.4 is 5.32 Å². The summed E-state index contributed by atoms with van der Waals surface area (Å²) < 4.78 is 65.7. The normalized spacial score (nSPS) is 13.9. The molecule has 0 aliphatic carbocycles. The third kappa shape index (κ3) is 6.49. The minimum atomic E-state index is -3.00. The van der Waals surface area contributed by atoms with Crippen molar-refractivity contribution in [2.45, 2.75) is 13.0 Å². The highest BCUT2D eigenvalue weighted by atomic mass is 35.5. The molecule has 5 rings (SSSR count). The second kappa shape index (κ2) is 14.0. The van der Waals surface area contributed by atoms with Crippen molar-refractivity contribution in [3.63, 3.8) is 0 Å². The van der Waals surface area contributed by atoms with Gasteiger partial charge in [-0.05, 0) is 24.3 Å². The fraction of sp³-hybridized carbons (Fsp3) is 0.333. The van der Waals surface area contributed by atoms with Crippen molar-refractivity contribution in [1.82, 2.24) is 29.1 Å². The molecule has 11 nitrogen and oxygen atoms in total. The summed E-state index contributed by atoms with van der Waals surface area (Å²) in [6.07, 6.45) is -0.769. The van der Waals surface area contributed by atoms with E-state index in [2.05, 4.69) is 15.4 Å². The zero-order valence-corrected chi connectivity index (χ0v) is 25.6. The number of aromatic nitrogens is 4. The predicted octanol–water partition coefficient (Wildman–Crippen LogP) is 4.43. The van der Waals surface area contributed by atoms with Gasteiger partial charge in [-0.1, -0.05) is 17.7 Å². The minimum Gasteiger partial charge on any atom is -0.383 e. The number of piperazine rings is 1. The number of carbonyl (C=O) groups excluding carboxylic acids is 2. The van der Waals surface area contributed by atoms with Gasteiger partial charge in [0.1, 0.15) is 5.69 Å². The molecule has 1 saturated heterocycles. The molecule has 0 spiro atoms. The molecule has 244 valence electrons. The molecule has 0 saturated carbocycles. The quantitative estimate of drug-likeness (QED) is 0.241. The van der Waals surface area contributed by atoms with Gasteiger partial charge in [0.05, 0.1) is 48.6 Å². The lowest BCUT2D eigenvalue weighted by atomic mass is 10.0. The number of nitrogens with zero attached hydrogens (tertiary/aromatic N) is 6. The Hall–Kier alpha value is -4.31. The molecule has 2 aromatic carbocycles. The first-order valence-corrected chi connectivity index (χ1v) is 14.5. The highest BCUT2D eigenvalue weighted by Crippen LogP contribution is 2.36. The number of hydrogen-bond acceptors (Lipinski definition) is 7. The van der Waals surface area contributed by atoms with E-state index in [9.17, 15) is 23.5 Å².